The van der Waals surface area contributed by atoms with Crippen LogP contribution in [0, 0.1) is 0 Å². The van der Waals surface area contributed by atoms with Crippen LogP contribution in [0.2, 0.25) is 0 Å². The van der Waals surface area contributed by atoms with E-state index >= 15 is 0 Å². The number of nitrogens with one attached hydrogen (secondary N) is 2. The second-order valence-corrected chi connectivity index (χ2v) is 4.90. The third kappa shape index (κ3) is 6.81. The Hall–Kier alpha value is -0.600. The Bertz CT molecular complexity index is 175. The summed E-state index contributed by atoms with van der Waals surface area (Å²) >= 11 is 0. The largest absolute Gasteiger partial charge is 0.310 e. The van der Waals surface area contributed by atoms with Gasteiger partial charge in [0, 0.05) is 24.2 Å². The zero-order chi connectivity index (χ0) is 12.6. The molecule has 0 aromatic heterocycles. The van der Waals surface area contributed by atoms with Crippen LogP contribution in [0.4, 0.5) is 0 Å². The van der Waals surface area contributed by atoms with E-state index in [0.717, 1.165) is 12.8 Å². The van der Waals surface area contributed by atoms with Crippen molar-refractivity contribution in [3.8, 4) is 0 Å². The summed E-state index contributed by atoms with van der Waals surface area (Å²) in [6, 6.07) is 1.84. The zero-order valence-electron chi connectivity index (χ0n) is 11.3. The van der Waals surface area contributed by atoms with E-state index in [9.17, 15) is 0 Å². The third-order valence-electron chi connectivity index (χ3n) is 2.42. The summed E-state index contributed by atoms with van der Waals surface area (Å²) < 4.78 is 0. The molecular formula is C14H28N2. The molecule has 0 aromatic carbocycles. The first-order valence-corrected chi connectivity index (χ1v) is 6.25. The van der Waals surface area contributed by atoms with Gasteiger partial charge >= 0.3 is 0 Å². The monoisotopic (exact) mass is 224 g/mol. The van der Waals surface area contributed by atoms with Crippen LogP contribution in [0.25, 0.3) is 0 Å². The predicted molar refractivity (Wildman–Crippen MR) is 73.7 cm³/mol. The van der Waals surface area contributed by atoms with Gasteiger partial charge < -0.3 is 10.6 Å². The van der Waals surface area contributed by atoms with Gasteiger partial charge in [-0.1, -0.05) is 39.8 Å². The van der Waals surface area contributed by atoms with E-state index in [4.69, 9.17) is 0 Å². The fourth-order valence-corrected chi connectivity index (χ4v) is 1.91. The molecule has 0 fully saturated rings. The van der Waals surface area contributed by atoms with E-state index in [1.54, 1.807) is 0 Å². The SMILES string of the molecule is C=CCC(NC(C)C)C(CC=C)NC(C)C. The lowest BCUT2D eigenvalue weighted by molar-refractivity contribution is 0.332. The van der Waals surface area contributed by atoms with Crippen molar-refractivity contribution in [2.75, 3.05) is 0 Å². The highest BCUT2D eigenvalue weighted by Gasteiger charge is 2.20. The molecule has 0 aliphatic carbocycles. The van der Waals surface area contributed by atoms with Crippen LogP contribution in [-0.2, 0) is 0 Å². The lowest BCUT2D eigenvalue weighted by Gasteiger charge is -2.31. The molecule has 2 N–H and O–H groups in total. The molecule has 0 radical (unpaired) electrons. The quantitative estimate of drug-likeness (QED) is 0.589. The summed E-state index contributed by atoms with van der Waals surface area (Å²) in [4.78, 5) is 0. The molecule has 0 bridgehead atoms. The zero-order valence-corrected chi connectivity index (χ0v) is 11.3. The molecule has 0 heterocycles. The van der Waals surface area contributed by atoms with Crippen LogP contribution in [0.3, 0.4) is 0 Å². The minimum atomic E-state index is 0.429. The normalized spacial score (nSPS) is 15.1. The van der Waals surface area contributed by atoms with Gasteiger partial charge in [-0.2, -0.15) is 0 Å². The first kappa shape index (κ1) is 15.4. The van der Waals surface area contributed by atoms with Crippen LogP contribution in [0.1, 0.15) is 40.5 Å². The van der Waals surface area contributed by atoms with Crippen LogP contribution in [0.5, 0.6) is 0 Å². The predicted octanol–water partition coefficient (Wildman–Crippen LogP) is 2.87. The van der Waals surface area contributed by atoms with Crippen LogP contribution in [0.15, 0.2) is 25.3 Å². The Morgan fingerprint density at radius 1 is 0.812 bits per heavy atom. The van der Waals surface area contributed by atoms with Crippen molar-refractivity contribution in [3.63, 3.8) is 0 Å². The Morgan fingerprint density at radius 2 is 1.12 bits per heavy atom. The standard InChI is InChI=1S/C14H28N2/c1-7-9-13(15-11(3)4)14(10-8-2)16-12(5)6/h7-8,11-16H,1-2,9-10H2,3-6H3. The number of hydrogen-bond donors (Lipinski definition) is 2. The molecular weight excluding hydrogens is 196 g/mol. The van der Waals surface area contributed by atoms with E-state index in [0.29, 0.717) is 24.2 Å². The van der Waals surface area contributed by atoms with Crippen LogP contribution >= 0.6 is 0 Å². The van der Waals surface area contributed by atoms with Gasteiger partial charge in [0.15, 0.2) is 0 Å². The van der Waals surface area contributed by atoms with Crippen molar-refractivity contribution in [3.05, 3.63) is 25.3 Å². The van der Waals surface area contributed by atoms with Crippen molar-refractivity contribution < 1.29 is 0 Å². The minimum absolute atomic E-state index is 0.429. The molecule has 0 aromatic rings. The van der Waals surface area contributed by atoms with Crippen molar-refractivity contribution in [2.24, 2.45) is 0 Å². The van der Waals surface area contributed by atoms with Gasteiger partial charge in [-0.25, -0.2) is 0 Å². The third-order valence-corrected chi connectivity index (χ3v) is 2.42. The Morgan fingerprint density at radius 3 is 1.31 bits per heavy atom. The fraction of sp³-hybridized carbons (Fsp3) is 0.714. The first-order chi connectivity index (χ1) is 7.51. The van der Waals surface area contributed by atoms with E-state index in [-0.39, 0.29) is 0 Å². The maximum absolute atomic E-state index is 3.84. The van der Waals surface area contributed by atoms with Crippen molar-refractivity contribution in [2.45, 2.75) is 64.7 Å². The molecule has 0 aliphatic heterocycles. The maximum atomic E-state index is 3.84. The van der Waals surface area contributed by atoms with Gasteiger partial charge in [0.2, 0.25) is 0 Å². The Kier molecular flexibility index (Phi) is 8.22. The van der Waals surface area contributed by atoms with Crippen LogP contribution < -0.4 is 10.6 Å². The van der Waals surface area contributed by atoms with E-state index in [1.807, 2.05) is 12.2 Å². The van der Waals surface area contributed by atoms with Gasteiger partial charge in [-0.05, 0) is 12.8 Å². The highest BCUT2D eigenvalue weighted by atomic mass is 15.0. The van der Waals surface area contributed by atoms with Crippen LogP contribution in [-0.4, -0.2) is 24.2 Å². The summed E-state index contributed by atoms with van der Waals surface area (Å²) in [6.07, 6.45) is 5.93. The first-order valence-electron chi connectivity index (χ1n) is 6.25. The summed E-state index contributed by atoms with van der Waals surface area (Å²) in [5, 5.41) is 7.18. The lowest BCUT2D eigenvalue weighted by Crippen LogP contribution is -2.51. The minimum Gasteiger partial charge on any atom is -0.310 e. The molecule has 0 spiro atoms. The van der Waals surface area contributed by atoms with Gasteiger partial charge in [0.25, 0.3) is 0 Å². The van der Waals surface area contributed by atoms with Crippen molar-refractivity contribution in [1.82, 2.24) is 10.6 Å². The second kappa shape index (κ2) is 8.54. The summed E-state index contributed by atoms with van der Waals surface area (Å²) in [5.41, 5.74) is 0. The molecule has 0 saturated carbocycles. The average molecular weight is 224 g/mol. The van der Waals surface area contributed by atoms with Crippen molar-refractivity contribution >= 4 is 0 Å². The summed E-state index contributed by atoms with van der Waals surface area (Å²) in [6.45, 7) is 16.4. The molecule has 0 saturated heterocycles. The fourth-order valence-electron chi connectivity index (χ4n) is 1.91. The average Bonchev–Trinajstić information content (AvgIpc) is 2.15. The van der Waals surface area contributed by atoms with Gasteiger partial charge in [-0.15, -0.1) is 13.2 Å². The molecule has 0 amide bonds. The topological polar surface area (TPSA) is 24.1 Å². The van der Waals surface area contributed by atoms with E-state index < -0.39 is 0 Å². The second-order valence-electron chi connectivity index (χ2n) is 4.90. The van der Waals surface area contributed by atoms with Gasteiger partial charge in [0.05, 0.1) is 0 Å². The summed E-state index contributed by atoms with van der Waals surface area (Å²) in [7, 11) is 0. The molecule has 2 atom stereocenters. The Labute approximate surface area is 101 Å². The molecule has 2 nitrogen and oxygen atoms in total. The number of rotatable bonds is 9. The van der Waals surface area contributed by atoms with Gasteiger partial charge in [-0.3, -0.25) is 0 Å². The maximum Gasteiger partial charge on any atom is 0.0260 e. The molecule has 2 unspecified atom stereocenters. The van der Waals surface area contributed by atoms with Gasteiger partial charge in [0.1, 0.15) is 0 Å². The molecule has 2 heteroatoms. The summed E-state index contributed by atoms with van der Waals surface area (Å²) in [5.74, 6) is 0. The van der Waals surface area contributed by atoms with Crippen molar-refractivity contribution in [1.29, 1.82) is 0 Å². The van der Waals surface area contributed by atoms with E-state index in [1.165, 1.54) is 0 Å². The van der Waals surface area contributed by atoms with E-state index in [2.05, 4.69) is 51.5 Å². The lowest BCUT2D eigenvalue weighted by atomic mass is 9.99. The number of hydrogen-bond acceptors (Lipinski definition) is 2. The molecule has 94 valence electrons. The molecule has 16 heavy (non-hydrogen) atoms. The molecule has 0 rings (SSSR count). The smallest absolute Gasteiger partial charge is 0.0260 e. The Balaban J connectivity index is 4.49. The highest BCUT2D eigenvalue weighted by Crippen LogP contribution is 2.07. The highest BCUT2D eigenvalue weighted by molar-refractivity contribution is 4.92. The molecule has 0 aliphatic rings.